The van der Waals surface area contributed by atoms with Crippen LogP contribution < -0.4 is 15.0 Å². The molecule has 1 saturated heterocycles. The topological polar surface area (TPSA) is 27.7 Å². The van der Waals surface area contributed by atoms with Crippen LogP contribution in [-0.2, 0) is 0 Å². The number of anilines is 1. The molecule has 0 radical (unpaired) electrons. The molecule has 1 heterocycles. The van der Waals surface area contributed by atoms with Gasteiger partial charge in [-0.1, -0.05) is 23.7 Å². The average molecular weight is 388 g/mol. The fourth-order valence-electron chi connectivity index (χ4n) is 3.69. The highest BCUT2D eigenvalue weighted by Gasteiger charge is 2.26. The highest BCUT2D eigenvalue weighted by Crippen LogP contribution is 2.37. The first kappa shape index (κ1) is 20.0. The zero-order valence-corrected chi connectivity index (χ0v) is 17.3. The number of ether oxygens (including phenoxy) is 1. The lowest BCUT2D eigenvalue weighted by Crippen LogP contribution is -2.33. The Hall–Kier alpha value is -1.75. The molecule has 0 aromatic heterocycles. The van der Waals surface area contributed by atoms with Crippen LogP contribution in [0.1, 0.15) is 30.5 Å². The molecule has 0 spiro atoms. The molecule has 2 aromatic rings. The molecule has 0 saturated carbocycles. The maximum absolute atomic E-state index is 6.39. The van der Waals surface area contributed by atoms with E-state index in [0.29, 0.717) is 6.61 Å². The van der Waals surface area contributed by atoms with Gasteiger partial charge in [0.25, 0.3) is 0 Å². The van der Waals surface area contributed by atoms with Crippen molar-refractivity contribution in [2.75, 3.05) is 51.8 Å². The summed E-state index contributed by atoms with van der Waals surface area (Å²) < 4.78 is 5.97. The maximum atomic E-state index is 6.39. The minimum atomic E-state index is 0.126. The Morgan fingerprint density at radius 1 is 1.11 bits per heavy atom. The van der Waals surface area contributed by atoms with E-state index >= 15 is 0 Å². The molecular formula is C22H30ClN3O. The third kappa shape index (κ3) is 4.95. The molecule has 27 heavy (non-hydrogen) atoms. The van der Waals surface area contributed by atoms with Crippen molar-refractivity contribution in [2.45, 2.75) is 19.4 Å². The minimum absolute atomic E-state index is 0.126. The van der Waals surface area contributed by atoms with Crippen molar-refractivity contribution < 1.29 is 4.74 Å². The Kier molecular flexibility index (Phi) is 7.00. The van der Waals surface area contributed by atoms with Crippen molar-refractivity contribution in [3.8, 4) is 5.75 Å². The van der Waals surface area contributed by atoms with Crippen molar-refractivity contribution >= 4 is 17.3 Å². The van der Waals surface area contributed by atoms with Gasteiger partial charge in [-0.25, -0.2) is 0 Å². The van der Waals surface area contributed by atoms with Gasteiger partial charge >= 0.3 is 0 Å². The van der Waals surface area contributed by atoms with Crippen LogP contribution in [0.15, 0.2) is 42.5 Å². The summed E-state index contributed by atoms with van der Waals surface area (Å²) in [6, 6.07) is 14.9. The molecule has 1 unspecified atom stereocenters. The van der Waals surface area contributed by atoms with Crippen LogP contribution in [0.3, 0.4) is 0 Å². The third-order valence-electron chi connectivity index (χ3n) is 5.03. The Bertz CT molecular complexity index is 725. The van der Waals surface area contributed by atoms with E-state index in [0.717, 1.165) is 48.9 Å². The van der Waals surface area contributed by atoms with Crippen molar-refractivity contribution in [1.29, 1.82) is 0 Å². The van der Waals surface area contributed by atoms with Crippen molar-refractivity contribution in [3.05, 3.63) is 58.6 Å². The van der Waals surface area contributed by atoms with Gasteiger partial charge in [0.2, 0.25) is 0 Å². The van der Waals surface area contributed by atoms with Gasteiger partial charge in [0.15, 0.2) is 0 Å². The summed E-state index contributed by atoms with van der Waals surface area (Å²) in [6.07, 6.45) is 1.14. The lowest BCUT2D eigenvalue weighted by Gasteiger charge is -2.32. The van der Waals surface area contributed by atoms with Gasteiger partial charge in [-0.15, -0.1) is 0 Å². The second kappa shape index (κ2) is 9.45. The smallest absolute Gasteiger partial charge is 0.124 e. The monoisotopic (exact) mass is 387 g/mol. The largest absolute Gasteiger partial charge is 0.494 e. The molecule has 1 N–H and O–H groups in total. The summed E-state index contributed by atoms with van der Waals surface area (Å²) in [5, 5.41) is 4.25. The van der Waals surface area contributed by atoms with Crippen molar-refractivity contribution in [3.63, 3.8) is 0 Å². The van der Waals surface area contributed by atoms with Gasteiger partial charge in [0.1, 0.15) is 5.75 Å². The van der Waals surface area contributed by atoms with Gasteiger partial charge in [0.05, 0.1) is 12.6 Å². The van der Waals surface area contributed by atoms with Gasteiger partial charge < -0.3 is 15.0 Å². The van der Waals surface area contributed by atoms with Crippen LogP contribution >= 0.6 is 11.6 Å². The molecule has 1 aliphatic rings. The number of nitrogens with one attached hydrogen (secondary N) is 1. The second-order valence-electron chi connectivity index (χ2n) is 7.14. The molecule has 0 aliphatic carbocycles. The van der Waals surface area contributed by atoms with E-state index in [-0.39, 0.29) is 6.04 Å². The number of halogens is 1. The summed E-state index contributed by atoms with van der Waals surface area (Å²) in [7, 11) is 4.13. The van der Waals surface area contributed by atoms with Gasteiger partial charge in [0, 0.05) is 50.0 Å². The Balaban J connectivity index is 2.05. The zero-order chi connectivity index (χ0) is 19.2. The van der Waals surface area contributed by atoms with Gasteiger partial charge in [-0.05, 0) is 55.8 Å². The first-order valence-electron chi connectivity index (χ1n) is 9.74. The maximum Gasteiger partial charge on any atom is 0.124 e. The van der Waals surface area contributed by atoms with E-state index in [1.165, 1.54) is 11.3 Å². The quantitative estimate of drug-likeness (QED) is 0.804. The van der Waals surface area contributed by atoms with Crippen molar-refractivity contribution in [2.24, 2.45) is 0 Å². The molecule has 0 bridgehead atoms. The average Bonchev–Trinajstić information content (AvgIpc) is 2.94. The van der Waals surface area contributed by atoms with Gasteiger partial charge in [-0.3, -0.25) is 4.90 Å². The summed E-state index contributed by atoms with van der Waals surface area (Å²) in [4.78, 5) is 4.67. The number of nitrogens with zero attached hydrogens (tertiary/aromatic N) is 2. The molecule has 0 amide bonds. The van der Waals surface area contributed by atoms with Crippen LogP contribution in [-0.4, -0.2) is 51.8 Å². The van der Waals surface area contributed by atoms with Gasteiger partial charge in [-0.2, -0.15) is 0 Å². The molecule has 1 fully saturated rings. The molecule has 5 heteroatoms. The molecule has 1 atom stereocenters. The molecule has 2 aromatic carbocycles. The Labute approximate surface area is 168 Å². The summed E-state index contributed by atoms with van der Waals surface area (Å²) >= 11 is 6.39. The lowest BCUT2D eigenvalue weighted by atomic mass is 9.95. The predicted octanol–water partition coefficient (Wildman–Crippen LogP) is 4.19. The normalized spacial score (nSPS) is 16.6. The number of hydrogen-bond donors (Lipinski definition) is 1. The van der Waals surface area contributed by atoms with E-state index in [4.69, 9.17) is 16.3 Å². The fraction of sp³-hybridized carbons (Fsp3) is 0.455. The molecular weight excluding hydrogens is 358 g/mol. The first-order valence-corrected chi connectivity index (χ1v) is 10.1. The van der Waals surface area contributed by atoms with E-state index in [9.17, 15) is 0 Å². The number of hydrogen-bond acceptors (Lipinski definition) is 4. The number of rotatable bonds is 6. The van der Waals surface area contributed by atoms with Crippen LogP contribution in [0.4, 0.5) is 5.69 Å². The fourth-order valence-corrected chi connectivity index (χ4v) is 3.87. The SMILES string of the molecule is CCOc1ccc(Cl)cc1C(c1ccc(N(C)C)cc1)N1CCCNCC1. The van der Waals surface area contributed by atoms with E-state index in [2.05, 4.69) is 59.5 Å². The lowest BCUT2D eigenvalue weighted by molar-refractivity contribution is 0.233. The molecule has 146 valence electrons. The minimum Gasteiger partial charge on any atom is -0.494 e. The van der Waals surface area contributed by atoms with Crippen LogP contribution in [0.5, 0.6) is 5.75 Å². The highest BCUT2D eigenvalue weighted by atomic mass is 35.5. The first-order chi connectivity index (χ1) is 13.1. The third-order valence-corrected chi connectivity index (χ3v) is 5.27. The van der Waals surface area contributed by atoms with Crippen LogP contribution in [0, 0.1) is 0 Å². The summed E-state index contributed by atoms with van der Waals surface area (Å²) in [6.45, 7) is 6.77. The highest BCUT2D eigenvalue weighted by molar-refractivity contribution is 6.30. The standard InChI is InChI=1S/C22H30ClN3O/c1-4-27-21-11-8-18(23)16-20(21)22(26-14-5-12-24-13-15-26)17-6-9-19(10-7-17)25(2)3/h6-11,16,22,24H,4-5,12-15H2,1-3H3. The molecule has 4 nitrogen and oxygen atoms in total. The van der Waals surface area contributed by atoms with Crippen molar-refractivity contribution in [1.82, 2.24) is 10.2 Å². The van der Waals surface area contributed by atoms with E-state index in [1.807, 2.05) is 19.1 Å². The van der Waals surface area contributed by atoms with Crippen LogP contribution in [0.2, 0.25) is 5.02 Å². The second-order valence-corrected chi connectivity index (χ2v) is 7.58. The summed E-state index contributed by atoms with van der Waals surface area (Å²) in [5.41, 5.74) is 3.61. The van der Waals surface area contributed by atoms with E-state index < -0.39 is 0 Å². The molecule has 1 aliphatic heterocycles. The number of benzene rings is 2. The van der Waals surface area contributed by atoms with Crippen LogP contribution in [0.25, 0.3) is 0 Å². The Morgan fingerprint density at radius 3 is 2.59 bits per heavy atom. The van der Waals surface area contributed by atoms with E-state index in [1.54, 1.807) is 0 Å². The molecule has 3 rings (SSSR count). The summed E-state index contributed by atoms with van der Waals surface area (Å²) in [5.74, 6) is 0.917. The predicted molar refractivity (Wildman–Crippen MR) is 114 cm³/mol. The Morgan fingerprint density at radius 2 is 1.89 bits per heavy atom. The zero-order valence-electron chi connectivity index (χ0n) is 16.5.